The third-order valence-corrected chi connectivity index (χ3v) is 4.49. The first kappa shape index (κ1) is 20.9. The van der Waals surface area contributed by atoms with Gasteiger partial charge in [0.25, 0.3) is 0 Å². The van der Waals surface area contributed by atoms with Gasteiger partial charge in [0.1, 0.15) is 24.4 Å². The number of ether oxygens (including phenoxy) is 1. The van der Waals surface area contributed by atoms with Crippen LogP contribution in [0.4, 0.5) is 13.2 Å². The minimum atomic E-state index is -4.69. The Balaban J connectivity index is 2.17. The number of halogens is 4. The standard InChI is InChI=1S/C21H16BrF3N2O2/c1-12(2)10-29-15-7-8-16(17(28)9-15)19-18(13-3-5-14(22)6-4-13)20(21(23,24)25)27-11-26-19/h3-9,11,28H,1,10H2,2H3. The van der Waals surface area contributed by atoms with Crippen LogP contribution in [-0.4, -0.2) is 21.7 Å². The Morgan fingerprint density at radius 3 is 2.41 bits per heavy atom. The van der Waals surface area contributed by atoms with E-state index in [-0.39, 0.29) is 34.7 Å². The summed E-state index contributed by atoms with van der Waals surface area (Å²) < 4.78 is 47.2. The minimum Gasteiger partial charge on any atom is -0.507 e. The molecule has 0 radical (unpaired) electrons. The van der Waals surface area contributed by atoms with Crippen molar-refractivity contribution >= 4 is 15.9 Å². The number of rotatable bonds is 5. The fourth-order valence-corrected chi connectivity index (χ4v) is 2.97. The van der Waals surface area contributed by atoms with Gasteiger partial charge in [-0.05, 0) is 42.3 Å². The summed E-state index contributed by atoms with van der Waals surface area (Å²) in [5.74, 6) is 0.110. The third-order valence-electron chi connectivity index (χ3n) is 3.96. The van der Waals surface area contributed by atoms with Crippen LogP contribution in [0.3, 0.4) is 0 Å². The van der Waals surface area contributed by atoms with Crippen molar-refractivity contribution in [2.24, 2.45) is 0 Å². The second-order valence-corrected chi connectivity index (χ2v) is 7.29. The Labute approximate surface area is 173 Å². The largest absolute Gasteiger partial charge is 0.507 e. The van der Waals surface area contributed by atoms with Crippen LogP contribution >= 0.6 is 15.9 Å². The van der Waals surface area contributed by atoms with E-state index < -0.39 is 11.9 Å². The number of nitrogens with zero attached hydrogens (tertiary/aromatic N) is 2. The summed E-state index contributed by atoms with van der Waals surface area (Å²) in [6.45, 7) is 5.78. The van der Waals surface area contributed by atoms with Crippen molar-refractivity contribution in [3.8, 4) is 33.9 Å². The number of benzene rings is 2. The van der Waals surface area contributed by atoms with E-state index >= 15 is 0 Å². The Kier molecular flexibility index (Phi) is 5.93. The van der Waals surface area contributed by atoms with Crippen LogP contribution in [0.5, 0.6) is 11.5 Å². The van der Waals surface area contributed by atoms with Crippen molar-refractivity contribution in [3.63, 3.8) is 0 Å². The molecule has 0 unspecified atom stereocenters. The summed E-state index contributed by atoms with van der Waals surface area (Å²) in [5, 5.41) is 10.5. The first-order valence-corrected chi connectivity index (χ1v) is 9.25. The van der Waals surface area contributed by atoms with E-state index in [0.29, 0.717) is 5.75 Å². The molecule has 0 saturated carbocycles. The van der Waals surface area contributed by atoms with Crippen molar-refractivity contribution in [1.82, 2.24) is 9.97 Å². The Hall–Kier alpha value is -2.87. The zero-order valence-electron chi connectivity index (χ0n) is 15.3. The normalized spacial score (nSPS) is 11.3. The molecule has 0 aliphatic heterocycles. The summed E-state index contributed by atoms with van der Waals surface area (Å²) in [6, 6.07) is 10.7. The van der Waals surface area contributed by atoms with Crippen LogP contribution in [0.1, 0.15) is 12.6 Å². The Morgan fingerprint density at radius 2 is 1.83 bits per heavy atom. The Morgan fingerprint density at radius 1 is 1.14 bits per heavy atom. The summed E-state index contributed by atoms with van der Waals surface area (Å²) in [4.78, 5) is 7.52. The predicted octanol–water partition coefficient (Wildman–Crippen LogP) is 6.25. The van der Waals surface area contributed by atoms with Gasteiger partial charge in [-0.3, -0.25) is 0 Å². The van der Waals surface area contributed by atoms with Gasteiger partial charge in [-0.1, -0.05) is 34.6 Å². The molecule has 1 N–H and O–H groups in total. The maximum atomic E-state index is 13.7. The molecule has 0 atom stereocenters. The zero-order valence-corrected chi connectivity index (χ0v) is 16.9. The first-order valence-electron chi connectivity index (χ1n) is 8.45. The minimum absolute atomic E-state index is 0.0291. The molecule has 2 aromatic carbocycles. The molecule has 3 rings (SSSR count). The van der Waals surface area contributed by atoms with E-state index in [1.54, 1.807) is 25.1 Å². The predicted molar refractivity (Wildman–Crippen MR) is 108 cm³/mol. The molecule has 8 heteroatoms. The lowest BCUT2D eigenvalue weighted by Crippen LogP contribution is -2.12. The lowest BCUT2D eigenvalue weighted by atomic mass is 9.96. The van der Waals surface area contributed by atoms with E-state index in [9.17, 15) is 18.3 Å². The maximum absolute atomic E-state index is 13.7. The van der Waals surface area contributed by atoms with Gasteiger partial charge in [0.2, 0.25) is 0 Å². The van der Waals surface area contributed by atoms with E-state index in [1.807, 2.05) is 0 Å². The van der Waals surface area contributed by atoms with Gasteiger partial charge in [0.15, 0.2) is 5.69 Å². The lowest BCUT2D eigenvalue weighted by Gasteiger charge is -2.16. The Bertz CT molecular complexity index is 1050. The highest BCUT2D eigenvalue weighted by molar-refractivity contribution is 9.10. The molecular formula is C21H16BrF3N2O2. The molecule has 150 valence electrons. The monoisotopic (exact) mass is 464 g/mol. The van der Waals surface area contributed by atoms with E-state index in [4.69, 9.17) is 4.74 Å². The zero-order chi connectivity index (χ0) is 21.2. The molecule has 0 saturated heterocycles. The van der Waals surface area contributed by atoms with Crippen LogP contribution in [0.2, 0.25) is 0 Å². The van der Waals surface area contributed by atoms with Crippen molar-refractivity contribution < 1.29 is 23.0 Å². The van der Waals surface area contributed by atoms with Crippen molar-refractivity contribution in [2.45, 2.75) is 13.1 Å². The molecule has 29 heavy (non-hydrogen) atoms. The van der Waals surface area contributed by atoms with Crippen molar-refractivity contribution in [1.29, 1.82) is 0 Å². The fraction of sp³-hybridized carbons (Fsp3) is 0.143. The van der Waals surface area contributed by atoms with E-state index in [2.05, 4.69) is 32.5 Å². The van der Waals surface area contributed by atoms with Gasteiger partial charge in [0, 0.05) is 21.7 Å². The molecular weight excluding hydrogens is 449 g/mol. The van der Waals surface area contributed by atoms with Crippen LogP contribution in [-0.2, 0) is 6.18 Å². The SMILES string of the molecule is C=C(C)COc1ccc(-c2ncnc(C(F)(F)F)c2-c2ccc(Br)cc2)c(O)c1. The summed E-state index contributed by atoms with van der Waals surface area (Å²) in [5.41, 5.74) is -0.114. The number of aromatic nitrogens is 2. The average Bonchev–Trinajstić information content (AvgIpc) is 2.66. The summed E-state index contributed by atoms with van der Waals surface area (Å²) in [6.07, 6.45) is -3.86. The molecule has 4 nitrogen and oxygen atoms in total. The number of phenolic OH excluding ortho intramolecular Hbond substituents is 1. The van der Waals surface area contributed by atoms with Gasteiger partial charge < -0.3 is 9.84 Å². The van der Waals surface area contributed by atoms with Gasteiger partial charge in [-0.2, -0.15) is 13.2 Å². The number of aromatic hydroxyl groups is 1. The van der Waals surface area contributed by atoms with Crippen molar-refractivity contribution in [3.05, 3.63) is 71.1 Å². The highest BCUT2D eigenvalue weighted by Crippen LogP contribution is 2.43. The number of phenols is 1. The van der Waals surface area contributed by atoms with Gasteiger partial charge in [-0.15, -0.1) is 0 Å². The second kappa shape index (κ2) is 8.24. The van der Waals surface area contributed by atoms with Gasteiger partial charge in [-0.25, -0.2) is 9.97 Å². The summed E-state index contributed by atoms with van der Waals surface area (Å²) in [7, 11) is 0. The van der Waals surface area contributed by atoms with Crippen LogP contribution in [0, 0.1) is 0 Å². The quantitative estimate of drug-likeness (QED) is 0.453. The van der Waals surface area contributed by atoms with Gasteiger partial charge in [0.05, 0.1) is 5.69 Å². The number of hydrogen-bond donors (Lipinski definition) is 1. The highest BCUT2D eigenvalue weighted by atomic mass is 79.9. The fourth-order valence-electron chi connectivity index (χ4n) is 2.70. The number of alkyl halides is 3. The molecule has 1 aromatic heterocycles. The molecule has 0 spiro atoms. The molecule has 3 aromatic rings. The van der Waals surface area contributed by atoms with Crippen LogP contribution in [0.25, 0.3) is 22.4 Å². The topological polar surface area (TPSA) is 55.2 Å². The first-order chi connectivity index (χ1) is 13.7. The number of hydrogen-bond acceptors (Lipinski definition) is 4. The van der Waals surface area contributed by atoms with Crippen LogP contribution in [0.15, 0.2) is 65.4 Å². The van der Waals surface area contributed by atoms with Crippen LogP contribution < -0.4 is 4.74 Å². The maximum Gasteiger partial charge on any atom is 0.434 e. The molecule has 0 fully saturated rings. The average molecular weight is 465 g/mol. The molecule has 0 amide bonds. The van der Waals surface area contributed by atoms with Gasteiger partial charge >= 0.3 is 6.18 Å². The van der Waals surface area contributed by atoms with Crippen molar-refractivity contribution in [2.75, 3.05) is 6.61 Å². The van der Waals surface area contributed by atoms with E-state index in [1.165, 1.54) is 24.3 Å². The second-order valence-electron chi connectivity index (χ2n) is 6.38. The lowest BCUT2D eigenvalue weighted by molar-refractivity contribution is -0.140. The third kappa shape index (κ3) is 4.76. The molecule has 0 aliphatic rings. The molecule has 0 bridgehead atoms. The highest BCUT2D eigenvalue weighted by Gasteiger charge is 2.37. The summed E-state index contributed by atoms with van der Waals surface area (Å²) >= 11 is 3.27. The molecule has 1 heterocycles. The molecule has 0 aliphatic carbocycles. The van der Waals surface area contributed by atoms with E-state index in [0.717, 1.165) is 16.4 Å². The smallest absolute Gasteiger partial charge is 0.434 e.